The van der Waals surface area contributed by atoms with Crippen molar-refractivity contribution in [1.29, 1.82) is 0 Å². The average molecular weight is 533 g/mol. The van der Waals surface area contributed by atoms with Crippen molar-refractivity contribution in [1.82, 2.24) is 4.90 Å². The summed E-state index contributed by atoms with van der Waals surface area (Å²) in [5, 5.41) is 0. The Morgan fingerprint density at radius 2 is 1.68 bits per heavy atom. The minimum Gasteiger partial charge on any atom is -0.489 e. The van der Waals surface area contributed by atoms with Gasteiger partial charge in [-0.3, -0.25) is 13.8 Å². The van der Waals surface area contributed by atoms with Gasteiger partial charge in [-0.15, -0.1) is 0 Å². The van der Waals surface area contributed by atoms with Gasteiger partial charge in [0.25, 0.3) is 16.0 Å². The summed E-state index contributed by atoms with van der Waals surface area (Å²) < 4.78 is 38.6. The summed E-state index contributed by atoms with van der Waals surface area (Å²) in [5.41, 5.74) is 7.11. The van der Waals surface area contributed by atoms with Crippen molar-refractivity contribution in [3.05, 3.63) is 64.7 Å². The van der Waals surface area contributed by atoms with E-state index in [-0.39, 0.29) is 38.5 Å². The molecule has 1 atom stereocenters. The zero-order valence-corrected chi connectivity index (χ0v) is 22.2. The van der Waals surface area contributed by atoms with Crippen LogP contribution in [0.4, 0.5) is 0 Å². The average Bonchev–Trinajstić information content (AvgIpc) is 3.12. The predicted octanol–water partition coefficient (Wildman–Crippen LogP) is 2.67. The summed E-state index contributed by atoms with van der Waals surface area (Å²) in [6.45, 7) is 5.46. The van der Waals surface area contributed by atoms with Crippen molar-refractivity contribution in [3.63, 3.8) is 0 Å². The van der Waals surface area contributed by atoms with Crippen LogP contribution in [0.5, 0.6) is 5.75 Å². The highest BCUT2D eigenvalue weighted by molar-refractivity contribution is 7.85. The first-order chi connectivity index (χ1) is 17.2. The number of esters is 1. The molecule has 3 rings (SSSR count). The second-order valence-corrected chi connectivity index (χ2v) is 11.5. The second kappa shape index (κ2) is 11.3. The van der Waals surface area contributed by atoms with Crippen molar-refractivity contribution >= 4 is 27.9 Å². The molecule has 0 aromatic heterocycles. The summed E-state index contributed by atoms with van der Waals surface area (Å²) in [5.74, 6) is -1.03. The third-order valence-electron chi connectivity index (χ3n) is 5.53. The van der Waals surface area contributed by atoms with Gasteiger partial charge in [0.1, 0.15) is 24.0 Å². The Bertz CT molecular complexity index is 1270. The van der Waals surface area contributed by atoms with E-state index in [9.17, 15) is 22.8 Å². The number of nitrogens with two attached hydrogens (primary N) is 1. The molecule has 2 N–H and O–H groups in total. The Balaban J connectivity index is 1.74. The smallest absolute Gasteiger partial charge is 0.329 e. The van der Waals surface area contributed by atoms with Crippen LogP contribution in [0.1, 0.15) is 60.7 Å². The molecule has 2 aromatic rings. The van der Waals surface area contributed by atoms with Crippen LogP contribution in [-0.4, -0.2) is 49.0 Å². The lowest BCUT2D eigenvalue weighted by atomic mass is 10.1. The molecule has 200 valence electrons. The molecule has 37 heavy (non-hydrogen) atoms. The number of carbonyl (C=O) groups excluding carboxylic acids is 3. The van der Waals surface area contributed by atoms with E-state index in [0.717, 1.165) is 11.8 Å². The maximum atomic E-state index is 13.2. The van der Waals surface area contributed by atoms with E-state index in [4.69, 9.17) is 19.4 Å². The Kier molecular flexibility index (Phi) is 8.60. The zero-order valence-electron chi connectivity index (χ0n) is 21.4. The van der Waals surface area contributed by atoms with Gasteiger partial charge in [0.05, 0.1) is 19.4 Å². The van der Waals surface area contributed by atoms with Crippen molar-refractivity contribution < 1.29 is 36.5 Å². The van der Waals surface area contributed by atoms with Crippen LogP contribution in [0.25, 0.3) is 0 Å². The standard InChI is InChI=1S/C26H32N2O8S/c1-26(2,3)36-25(31)21(12-13-23(27)29)28-14-20-19(24(28)30)6-5-7-22(20)34-15-17-8-10-18(11-9-17)16-35-37(4,32)33/h5-11,21H,12-16H2,1-4H3,(H2,27,29). The first-order valence-corrected chi connectivity index (χ1v) is 13.5. The molecular weight excluding hydrogens is 500 g/mol. The minimum atomic E-state index is -3.53. The maximum absolute atomic E-state index is 13.2. The molecular formula is C26H32N2O8S. The molecule has 0 fully saturated rings. The van der Waals surface area contributed by atoms with Gasteiger partial charge in [0.2, 0.25) is 5.91 Å². The summed E-state index contributed by atoms with van der Waals surface area (Å²) in [4.78, 5) is 39.0. The SMILES string of the molecule is CC(C)(C)OC(=O)C(CCC(N)=O)N1Cc2c(OCc3ccc(COS(C)(=O)=O)cc3)cccc2C1=O. The molecule has 1 unspecified atom stereocenters. The first-order valence-electron chi connectivity index (χ1n) is 11.7. The molecule has 0 bridgehead atoms. The number of hydrogen-bond acceptors (Lipinski definition) is 8. The molecule has 0 radical (unpaired) electrons. The summed E-state index contributed by atoms with van der Waals surface area (Å²) >= 11 is 0. The highest BCUT2D eigenvalue weighted by Crippen LogP contribution is 2.34. The second-order valence-electron chi connectivity index (χ2n) is 9.84. The number of fused-ring (bicyclic) bond motifs is 1. The van der Waals surface area contributed by atoms with Crippen LogP contribution in [0, 0.1) is 0 Å². The van der Waals surface area contributed by atoms with Crippen LogP contribution >= 0.6 is 0 Å². The van der Waals surface area contributed by atoms with Crippen molar-refractivity contribution in [3.8, 4) is 5.75 Å². The lowest BCUT2D eigenvalue weighted by Crippen LogP contribution is -2.45. The lowest BCUT2D eigenvalue weighted by molar-refractivity contribution is -0.160. The molecule has 2 amide bonds. The van der Waals surface area contributed by atoms with E-state index in [2.05, 4.69) is 0 Å². The predicted molar refractivity (Wildman–Crippen MR) is 135 cm³/mol. The minimum absolute atomic E-state index is 0.0512. The molecule has 0 spiro atoms. The number of benzene rings is 2. The van der Waals surface area contributed by atoms with Gasteiger partial charge >= 0.3 is 5.97 Å². The third-order valence-corrected chi connectivity index (χ3v) is 6.08. The highest BCUT2D eigenvalue weighted by atomic mass is 32.2. The van der Waals surface area contributed by atoms with E-state index in [1.165, 1.54) is 4.90 Å². The topological polar surface area (TPSA) is 142 Å². The number of primary amides is 1. The van der Waals surface area contributed by atoms with Gasteiger partial charge in [0, 0.05) is 17.5 Å². The van der Waals surface area contributed by atoms with Crippen molar-refractivity contribution in [2.75, 3.05) is 6.26 Å². The lowest BCUT2D eigenvalue weighted by Gasteiger charge is -2.29. The van der Waals surface area contributed by atoms with Crippen LogP contribution in [0.15, 0.2) is 42.5 Å². The Morgan fingerprint density at radius 1 is 1.05 bits per heavy atom. The number of carbonyl (C=O) groups is 3. The molecule has 0 saturated carbocycles. The molecule has 1 aliphatic rings. The normalized spacial score (nSPS) is 14.3. The fourth-order valence-electron chi connectivity index (χ4n) is 3.83. The first kappa shape index (κ1) is 28.1. The van der Waals surface area contributed by atoms with Crippen LogP contribution in [-0.2, 0) is 48.4 Å². The maximum Gasteiger partial charge on any atom is 0.329 e. The molecule has 0 saturated heterocycles. The van der Waals surface area contributed by atoms with Gasteiger partial charge in [-0.25, -0.2) is 4.79 Å². The largest absolute Gasteiger partial charge is 0.489 e. The Hall–Kier alpha value is -3.44. The quantitative estimate of drug-likeness (QED) is 0.344. The number of nitrogens with zero attached hydrogens (tertiary/aromatic N) is 1. The number of ether oxygens (including phenoxy) is 2. The van der Waals surface area contributed by atoms with E-state index in [0.29, 0.717) is 22.4 Å². The Morgan fingerprint density at radius 3 is 2.24 bits per heavy atom. The fraction of sp³-hybridized carbons (Fsp3) is 0.423. The van der Waals surface area contributed by atoms with Crippen LogP contribution in [0.3, 0.4) is 0 Å². The molecule has 2 aromatic carbocycles. The van der Waals surface area contributed by atoms with Gasteiger partial charge in [-0.2, -0.15) is 8.42 Å². The monoisotopic (exact) mass is 532 g/mol. The van der Waals surface area contributed by atoms with Gasteiger partial charge in [-0.1, -0.05) is 30.3 Å². The van der Waals surface area contributed by atoms with Gasteiger partial charge in [-0.05, 0) is 50.5 Å². The number of rotatable bonds is 11. The molecule has 11 heteroatoms. The zero-order chi connectivity index (χ0) is 27.4. The third kappa shape index (κ3) is 8.02. The van der Waals surface area contributed by atoms with Gasteiger partial charge < -0.3 is 20.1 Å². The van der Waals surface area contributed by atoms with E-state index >= 15 is 0 Å². The summed E-state index contributed by atoms with van der Waals surface area (Å²) in [7, 11) is -3.53. The molecule has 1 aliphatic heterocycles. The van der Waals surface area contributed by atoms with E-state index in [1.54, 1.807) is 63.2 Å². The van der Waals surface area contributed by atoms with Gasteiger partial charge in [0.15, 0.2) is 0 Å². The van der Waals surface area contributed by atoms with E-state index < -0.39 is 33.6 Å². The number of amides is 2. The van der Waals surface area contributed by atoms with Crippen molar-refractivity contribution in [2.24, 2.45) is 5.73 Å². The van der Waals surface area contributed by atoms with Crippen LogP contribution < -0.4 is 10.5 Å². The molecule has 1 heterocycles. The summed E-state index contributed by atoms with van der Waals surface area (Å²) in [6.07, 6.45) is 0.973. The number of hydrogen-bond donors (Lipinski definition) is 1. The van der Waals surface area contributed by atoms with Crippen LogP contribution in [0.2, 0.25) is 0 Å². The molecule has 0 aliphatic carbocycles. The highest BCUT2D eigenvalue weighted by Gasteiger charge is 2.39. The fourth-order valence-corrected chi connectivity index (χ4v) is 4.18. The Labute approximate surface area is 216 Å². The summed E-state index contributed by atoms with van der Waals surface area (Å²) in [6, 6.07) is 11.2. The molecule has 10 nitrogen and oxygen atoms in total. The van der Waals surface area contributed by atoms with E-state index in [1.807, 2.05) is 0 Å². The van der Waals surface area contributed by atoms with Crippen molar-refractivity contribution in [2.45, 2.75) is 65.0 Å².